The van der Waals surface area contributed by atoms with E-state index < -0.39 is 35.7 Å². The smallest absolute Gasteiger partial charge is 0.337 e. The molecular weight excluding hydrogens is 438 g/mol. The van der Waals surface area contributed by atoms with E-state index in [1.807, 2.05) is 0 Å². The van der Waals surface area contributed by atoms with Crippen LogP contribution in [0.4, 0.5) is 0 Å². The zero-order chi connectivity index (χ0) is 24.7. The van der Waals surface area contributed by atoms with E-state index in [1.165, 1.54) is 13.4 Å². The summed E-state index contributed by atoms with van der Waals surface area (Å²) in [5.74, 6) is -4.18. The summed E-state index contributed by atoms with van der Waals surface area (Å²) in [5, 5.41) is 3.50. The molecule has 4 rings (SSSR count). The van der Waals surface area contributed by atoms with Crippen LogP contribution in [-0.4, -0.2) is 30.9 Å². The summed E-state index contributed by atoms with van der Waals surface area (Å²) in [6.45, 7) is 6.94. The minimum atomic E-state index is -1.05. The molecule has 3 atom stereocenters. The lowest BCUT2D eigenvalue weighted by Gasteiger charge is -2.38. The maximum Gasteiger partial charge on any atom is 0.337 e. The van der Waals surface area contributed by atoms with Crippen molar-refractivity contribution in [3.63, 3.8) is 0 Å². The molecule has 0 amide bonds. The number of benzene rings is 1. The van der Waals surface area contributed by atoms with E-state index in [9.17, 15) is 19.2 Å². The molecule has 1 aromatic carbocycles. The summed E-state index contributed by atoms with van der Waals surface area (Å²) in [5.41, 5.74) is 1.56. The van der Waals surface area contributed by atoms with Crippen LogP contribution in [0.2, 0.25) is 0 Å². The van der Waals surface area contributed by atoms with Crippen molar-refractivity contribution in [1.29, 1.82) is 0 Å². The van der Waals surface area contributed by atoms with Crippen molar-refractivity contribution in [1.82, 2.24) is 5.32 Å². The van der Waals surface area contributed by atoms with Crippen LogP contribution in [0.5, 0.6) is 0 Å². The van der Waals surface area contributed by atoms with E-state index in [1.54, 1.807) is 52.0 Å². The second-order valence-corrected chi connectivity index (χ2v) is 9.01. The monoisotopic (exact) mass is 465 g/mol. The standard InChI is InChI=1S/C26H27NO7/c1-12(2)34-26(31)20-14(4)27-17-10-13(3)19(25(30)32-5)24(29)22(17)21(20)16-11-33-18-9-7-6-8-15(18)23(16)28/h6-9,11-13,19,21,27H,10H2,1-5H3/t13-,19+,21+/m1/s1. The van der Waals surface area contributed by atoms with Gasteiger partial charge in [-0.3, -0.25) is 14.4 Å². The van der Waals surface area contributed by atoms with E-state index in [2.05, 4.69) is 5.32 Å². The molecule has 1 aliphatic carbocycles. The van der Waals surface area contributed by atoms with Crippen LogP contribution >= 0.6 is 0 Å². The molecule has 0 spiro atoms. The van der Waals surface area contributed by atoms with Gasteiger partial charge in [-0.05, 0) is 45.2 Å². The van der Waals surface area contributed by atoms with Crippen molar-refractivity contribution in [2.24, 2.45) is 11.8 Å². The highest BCUT2D eigenvalue weighted by molar-refractivity contribution is 6.12. The molecule has 0 fully saturated rings. The largest absolute Gasteiger partial charge is 0.468 e. The van der Waals surface area contributed by atoms with Crippen LogP contribution in [0, 0.1) is 11.8 Å². The first-order valence-electron chi connectivity index (χ1n) is 11.2. The van der Waals surface area contributed by atoms with E-state index in [-0.39, 0.29) is 28.1 Å². The molecule has 34 heavy (non-hydrogen) atoms. The number of nitrogens with one attached hydrogen (secondary N) is 1. The second-order valence-electron chi connectivity index (χ2n) is 9.01. The van der Waals surface area contributed by atoms with E-state index in [0.717, 1.165) is 0 Å². The number of carbonyl (C=O) groups excluding carboxylic acids is 3. The lowest BCUT2D eigenvalue weighted by atomic mass is 9.69. The molecule has 1 N–H and O–H groups in total. The van der Waals surface area contributed by atoms with Gasteiger partial charge in [0, 0.05) is 22.5 Å². The number of methoxy groups -OCH3 is 1. The highest BCUT2D eigenvalue weighted by Crippen LogP contribution is 2.45. The number of hydrogen-bond acceptors (Lipinski definition) is 8. The number of Topliss-reactive ketones (excluding diaryl/α,β-unsaturated/α-hetero) is 1. The molecule has 0 saturated carbocycles. The Morgan fingerprint density at radius 2 is 1.88 bits per heavy atom. The van der Waals surface area contributed by atoms with Crippen molar-refractivity contribution < 1.29 is 28.3 Å². The summed E-state index contributed by atoms with van der Waals surface area (Å²) >= 11 is 0. The van der Waals surface area contributed by atoms with E-state index >= 15 is 0 Å². The van der Waals surface area contributed by atoms with Gasteiger partial charge in [0.1, 0.15) is 11.5 Å². The number of ether oxygens (including phenoxy) is 2. The molecule has 2 aliphatic rings. The third-order valence-electron chi connectivity index (χ3n) is 6.32. The fourth-order valence-corrected chi connectivity index (χ4v) is 4.83. The predicted molar refractivity (Wildman–Crippen MR) is 124 cm³/mol. The Balaban J connectivity index is 1.97. The highest BCUT2D eigenvalue weighted by atomic mass is 16.5. The first-order valence-corrected chi connectivity index (χ1v) is 11.2. The molecule has 178 valence electrons. The van der Waals surface area contributed by atoms with Gasteiger partial charge in [0.15, 0.2) is 11.2 Å². The van der Waals surface area contributed by atoms with Gasteiger partial charge in [-0.2, -0.15) is 0 Å². The summed E-state index contributed by atoms with van der Waals surface area (Å²) < 4.78 is 16.1. The third-order valence-corrected chi connectivity index (χ3v) is 6.32. The Bertz CT molecular complexity index is 1310. The van der Waals surface area contributed by atoms with Gasteiger partial charge < -0.3 is 19.2 Å². The average Bonchev–Trinajstić information content (AvgIpc) is 2.78. The van der Waals surface area contributed by atoms with Gasteiger partial charge in [0.25, 0.3) is 0 Å². The molecule has 0 saturated heterocycles. The van der Waals surface area contributed by atoms with Crippen LogP contribution in [0.15, 0.2) is 62.3 Å². The zero-order valence-electron chi connectivity index (χ0n) is 19.8. The summed E-state index contributed by atoms with van der Waals surface area (Å²) in [6, 6.07) is 6.76. The number of hydrogen-bond donors (Lipinski definition) is 1. The first-order chi connectivity index (χ1) is 16.1. The number of para-hydroxylation sites is 1. The third kappa shape index (κ3) is 3.83. The van der Waals surface area contributed by atoms with Crippen LogP contribution < -0.4 is 10.7 Å². The lowest BCUT2D eigenvalue weighted by Crippen LogP contribution is -2.44. The predicted octanol–water partition coefficient (Wildman–Crippen LogP) is 3.36. The number of dihydropyridines is 1. The molecule has 8 nitrogen and oxygen atoms in total. The Kier molecular flexibility index (Phi) is 6.17. The van der Waals surface area contributed by atoms with Crippen molar-refractivity contribution in [2.75, 3.05) is 7.11 Å². The normalized spacial score (nSPS) is 22.5. The Morgan fingerprint density at radius 3 is 2.56 bits per heavy atom. The molecule has 0 bridgehead atoms. The van der Waals surface area contributed by atoms with Gasteiger partial charge in [0.05, 0.1) is 36.4 Å². The van der Waals surface area contributed by atoms with E-state index in [0.29, 0.717) is 28.8 Å². The average molecular weight is 466 g/mol. The number of esters is 2. The number of fused-ring (bicyclic) bond motifs is 1. The number of ketones is 1. The Hall–Kier alpha value is -3.68. The van der Waals surface area contributed by atoms with Gasteiger partial charge in [-0.25, -0.2) is 4.79 Å². The quantitative estimate of drug-likeness (QED) is 0.540. The highest BCUT2D eigenvalue weighted by Gasteiger charge is 2.48. The molecule has 2 heterocycles. The molecule has 1 aliphatic heterocycles. The fourth-order valence-electron chi connectivity index (χ4n) is 4.83. The molecule has 0 radical (unpaired) electrons. The molecule has 1 aromatic heterocycles. The van der Waals surface area contributed by atoms with Crippen molar-refractivity contribution in [2.45, 2.75) is 46.1 Å². The molecular formula is C26H27NO7. The van der Waals surface area contributed by atoms with Gasteiger partial charge in [-0.1, -0.05) is 19.1 Å². The van der Waals surface area contributed by atoms with Gasteiger partial charge in [-0.15, -0.1) is 0 Å². The van der Waals surface area contributed by atoms with Crippen LogP contribution in [-0.2, 0) is 23.9 Å². The Morgan fingerprint density at radius 1 is 1.18 bits per heavy atom. The first kappa shape index (κ1) is 23.5. The van der Waals surface area contributed by atoms with E-state index in [4.69, 9.17) is 13.9 Å². The molecule has 2 aromatic rings. The number of allylic oxidation sites excluding steroid dienone is 3. The summed E-state index contributed by atoms with van der Waals surface area (Å²) in [7, 11) is 1.23. The van der Waals surface area contributed by atoms with Crippen molar-refractivity contribution >= 4 is 28.7 Å². The Labute approximate surface area is 196 Å². The minimum Gasteiger partial charge on any atom is -0.468 e. The maximum absolute atomic E-state index is 13.7. The fraction of sp³-hybridized carbons (Fsp3) is 0.385. The summed E-state index contributed by atoms with van der Waals surface area (Å²) in [6.07, 6.45) is 1.25. The summed E-state index contributed by atoms with van der Waals surface area (Å²) in [4.78, 5) is 53.0. The molecule has 0 unspecified atom stereocenters. The van der Waals surface area contributed by atoms with Gasteiger partial charge in [0.2, 0.25) is 0 Å². The van der Waals surface area contributed by atoms with Gasteiger partial charge >= 0.3 is 11.9 Å². The SMILES string of the molecule is COC(=O)[C@@H]1C(=O)C2=C(C[C@H]1C)NC(C)=C(C(=O)OC(C)C)[C@@H]2c1coc2ccccc2c1=O. The zero-order valence-corrected chi connectivity index (χ0v) is 19.8. The van der Waals surface area contributed by atoms with Crippen molar-refractivity contribution in [3.8, 4) is 0 Å². The topological polar surface area (TPSA) is 112 Å². The lowest BCUT2D eigenvalue weighted by molar-refractivity contribution is -0.151. The van der Waals surface area contributed by atoms with Crippen LogP contribution in [0.25, 0.3) is 11.0 Å². The minimum absolute atomic E-state index is 0.134. The van der Waals surface area contributed by atoms with Crippen molar-refractivity contribution in [3.05, 3.63) is 68.9 Å². The number of rotatable bonds is 4. The van der Waals surface area contributed by atoms with Crippen LogP contribution in [0.3, 0.4) is 0 Å². The maximum atomic E-state index is 13.7. The number of carbonyl (C=O) groups is 3. The molecule has 8 heteroatoms. The second kappa shape index (κ2) is 8.93. The van der Waals surface area contributed by atoms with Crippen LogP contribution in [0.1, 0.15) is 45.6 Å².